The van der Waals surface area contributed by atoms with Crippen molar-refractivity contribution in [2.45, 2.75) is 71.5 Å². The second-order valence-corrected chi connectivity index (χ2v) is 13.5. The van der Waals surface area contributed by atoms with Crippen LogP contribution < -0.4 is 11.1 Å². The molecule has 0 saturated carbocycles. The number of alkyl halides is 1. The van der Waals surface area contributed by atoms with E-state index in [1.165, 1.54) is 17.1 Å². The number of nitrogens with two attached hydrogens (primary N) is 1. The number of rotatable bonds is 18. The zero-order chi connectivity index (χ0) is 35.6. The summed E-state index contributed by atoms with van der Waals surface area (Å²) >= 11 is 0. The van der Waals surface area contributed by atoms with Crippen LogP contribution in [-0.4, -0.2) is 76.0 Å². The maximum atomic E-state index is 15.0. The molecule has 0 spiro atoms. The number of amides is 3. The predicted octanol–water partition coefficient (Wildman–Crippen LogP) is 5.55. The molecule has 1 aromatic heterocycles. The van der Waals surface area contributed by atoms with E-state index in [1.54, 1.807) is 11.1 Å². The first-order valence-electron chi connectivity index (χ1n) is 16.8. The van der Waals surface area contributed by atoms with Gasteiger partial charge >= 0.3 is 0 Å². The van der Waals surface area contributed by atoms with E-state index in [4.69, 9.17) is 10.7 Å². The fraction of sp³-hybridized carbons (Fsp3) is 0.459. The van der Waals surface area contributed by atoms with E-state index in [0.29, 0.717) is 31.9 Å². The quantitative estimate of drug-likeness (QED) is 0.135. The number of hydrogen-bond acceptors (Lipinski definition) is 6. The number of benzene rings is 2. The van der Waals surface area contributed by atoms with Crippen molar-refractivity contribution < 1.29 is 27.6 Å². The van der Waals surface area contributed by atoms with Gasteiger partial charge in [-0.05, 0) is 55.0 Å². The number of imidazole rings is 1. The Hall–Kier alpha value is -4.29. The lowest BCUT2D eigenvalue weighted by Crippen LogP contribution is -2.47. The topological polar surface area (TPSA) is 114 Å². The second-order valence-electron chi connectivity index (χ2n) is 13.5. The van der Waals surface area contributed by atoms with E-state index in [9.17, 15) is 27.6 Å². The Balaban J connectivity index is 1.53. The summed E-state index contributed by atoms with van der Waals surface area (Å²) < 4.78 is 44.6. The Morgan fingerprint density at radius 3 is 2.37 bits per heavy atom. The zero-order valence-corrected chi connectivity index (χ0v) is 28.5. The van der Waals surface area contributed by atoms with Gasteiger partial charge in [-0.15, -0.1) is 0 Å². The highest BCUT2D eigenvalue weighted by atomic mass is 19.1. The molecule has 49 heavy (non-hydrogen) atoms. The van der Waals surface area contributed by atoms with E-state index >= 15 is 0 Å². The van der Waals surface area contributed by atoms with Gasteiger partial charge in [-0.1, -0.05) is 63.9 Å². The summed E-state index contributed by atoms with van der Waals surface area (Å²) in [6.45, 7) is 6.70. The first-order chi connectivity index (χ1) is 23.4. The van der Waals surface area contributed by atoms with Crippen molar-refractivity contribution in [1.29, 1.82) is 0 Å². The molecule has 2 atom stereocenters. The monoisotopic (exact) mass is 680 g/mol. The average Bonchev–Trinajstić information content (AvgIpc) is 3.62. The molecule has 12 heteroatoms. The number of nitrogens with zero attached hydrogens (tertiary/aromatic N) is 4. The molecular formula is C37H47F3N6O3. The molecule has 0 unspecified atom stereocenters. The van der Waals surface area contributed by atoms with Crippen LogP contribution >= 0.6 is 0 Å². The number of aromatic nitrogens is 2. The Morgan fingerprint density at radius 1 is 1.00 bits per heavy atom. The van der Waals surface area contributed by atoms with Gasteiger partial charge in [-0.3, -0.25) is 19.3 Å². The van der Waals surface area contributed by atoms with Crippen LogP contribution in [-0.2, 0) is 20.9 Å². The third kappa shape index (κ3) is 10.4. The van der Waals surface area contributed by atoms with Crippen molar-refractivity contribution in [2.24, 2.45) is 11.1 Å². The normalized spacial score (nSPS) is 14.5. The highest BCUT2D eigenvalue weighted by Gasteiger charge is 2.38. The van der Waals surface area contributed by atoms with Crippen LogP contribution in [0.3, 0.4) is 0 Å². The third-order valence-corrected chi connectivity index (χ3v) is 8.51. The summed E-state index contributed by atoms with van der Waals surface area (Å²) in [4.78, 5) is 45.2. The number of hydrogen-bond donors (Lipinski definition) is 2. The number of imide groups is 1. The van der Waals surface area contributed by atoms with Crippen molar-refractivity contribution >= 4 is 17.7 Å². The number of carbonyl (C=O) groups excluding carboxylic acids is 3. The maximum absolute atomic E-state index is 15.0. The van der Waals surface area contributed by atoms with Crippen LogP contribution in [0, 0.1) is 17.0 Å². The molecule has 1 aliphatic rings. The largest absolute Gasteiger partial charge is 0.331 e. The molecule has 3 N–H and O–H groups in total. The number of nitrogens with one attached hydrogen (secondary N) is 1. The third-order valence-electron chi connectivity index (χ3n) is 8.51. The molecule has 2 aromatic carbocycles. The van der Waals surface area contributed by atoms with Crippen LogP contribution in [0.25, 0.3) is 11.3 Å². The fourth-order valence-corrected chi connectivity index (χ4v) is 5.97. The Kier molecular flexibility index (Phi) is 13.3. The van der Waals surface area contributed by atoms with Crippen molar-refractivity contribution in [2.75, 3.05) is 32.9 Å². The van der Waals surface area contributed by atoms with Crippen LogP contribution in [0.1, 0.15) is 70.3 Å². The van der Waals surface area contributed by atoms with Gasteiger partial charge in [-0.2, -0.15) is 0 Å². The van der Waals surface area contributed by atoms with Gasteiger partial charge in [0.2, 0.25) is 5.91 Å². The summed E-state index contributed by atoms with van der Waals surface area (Å²) in [6, 6.07) is 11.5. The molecule has 9 nitrogen and oxygen atoms in total. The molecule has 0 radical (unpaired) electrons. The first-order valence-corrected chi connectivity index (χ1v) is 16.8. The van der Waals surface area contributed by atoms with E-state index in [2.05, 4.69) is 5.32 Å². The minimum atomic E-state index is -0.758. The molecule has 0 fully saturated rings. The highest BCUT2D eigenvalue weighted by molar-refractivity contribution is 6.12. The van der Waals surface area contributed by atoms with Gasteiger partial charge in [0, 0.05) is 49.6 Å². The van der Waals surface area contributed by atoms with E-state index in [0.717, 1.165) is 43.0 Å². The van der Waals surface area contributed by atoms with Crippen molar-refractivity contribution in [3.05, 3.63) is 89.9 Å². The van der Waals surface area contributed by atoms with Crippen LogP contribution in [0.5, 0.6) is 0 Å². The lowest BCUT2D eigenvalue weighted by molar-refractivity contribution is -0.137. The van der Waals surface area contributed by atoms with Gasteiger partial charge in [-0.25, -0.2) is 18.2 Å². The van der Waals surface area contributed by atoms with Gasteiger partial charge < -0.3 is 20.5 Å². The van der Waals surface area contributed by atoms with E-state index in [1.807, 2.05) is 55.7 Å². The first kappa shape index (κ1) is 37.5. The number of unbranched alkanes of at least 4 members (excludes halogenated alkanes) is 3. The molecule has 264 valence electrons. The second kappa shape index (κ2) is 17.4. The van der Waals surface area contributed by atoms with Crippen molar-refractivity contribution in [3.8, 4) is 11.3 Å². The van der Waals surface area contributed by atoms with Gasteiger partial charge in [0.1, 0.15) is 24.1 Å². The maximum Gasteiger partial charge on any atom is 0.253 e. The van der Waals surface area contributed by atoms with Gasteiger partial charge in [0.05, 0.1) is 18.3 Å². The SMILES string of the molecule is CC(C)(C)[C@H](c1nc(-c2cc(F)ccc2F)cn1Cc1ccccc1)N(CC[C@H](N)CF)C(=O)CNCCCCCCN1C(=O)C=CC1=O. The lowest BCUT2D eigenvalue weighted by atomic mass is 9.84. The average molecular weight is 681 g/mol. The summed E-state index contributed by atoms with van der Waals surface area (Å²) in [5, 5.41) is 3.23. The number of halogens is 3. The molecule has 0 aliphatic carbocycles. The summed E-state index contributed by atoms with van der Waals surface area (Å²) in [6.07, 6.45) is 7.61. The predicted molar refractivity (Wildman–Crippen MR) is 183 cm³/mol. The van der Waals surface area contributed by atoms with Crippen LogP contribution in [0.15, 0.2) is 66.9 Å². The highest BCUT2D eigenvalue weighted by Crippen LogP contribution is 2.39. The smallest absolute Gasteiger partial charge is 0.253 e. The van der Waals surface area contributed by atoms with Gasteiger partial charge in [0.15, 0.2) is 0 Å². The zero-order valence-electron chi connectivity index (χ0n) is 28.5. The van der Waals surface area contributed by atoms with E-state index < -0.39 is 35.8 Å². The molecule has 3 aromatic rings. The van der Waals surface area contributed by atoms with Gasteiger partial charge in [0.25, 0.3) is 11.8 Å². The Morgan fingerprint density at radius 2 is 1.69 bits per heavy atom. The van der Waals surface area contributed by atoms with Crippen molar-refractivity contribution in [3.63, 3.8) is 0 Å². The summed E-state index contributed by atoms with van der Waals surface area (Å²) in [7, 11) is 0. The van der Waals surface area contributed by atoms with Crippen LogP contribution in [0.2, 0.25) is 0 Å². The van der Waals surface area contributed by atoms with Crippen LogP contribution in [0.4, 0.5) is 13.2 Å². The molecular weight excluding hydrogens is 633 g/mol. The Labute approximate surface area is 286 Å². The molecule has 0 bridgehead atoms. The molecule has 3 amide bonds. The Bertz CT molecular complexity index is 1590. The molecule has 0 saturated heterocycles. The standard InChI is InChI=1S/C37H47F3N6O3/c1-37(2,3)35(36-43-31(29-21-27(39)13-14-30(29)40)25-44(36)24-26-11-7-6-8-12-26)46(20-17-28(41)22-38)34(49)23-42-18-9-4-5-10-19-45-32(47)15-16-33(45)48/h6-8,11-16,21,25,28,35,42H,4-5,9-10,17-20,22-24,41H2,1-3H3/t28-,35-/m0/s1. The minimum Gasteiger partial charge on any atom is -0.331 e. The van der Waals surface area contributed by atoms with Crippen molar-refractivity contribution in [1.82, 2.24) is 24.7 Å². The summed E-state index contributed by atoms with van der Waals surface area (Å²) in [5.41, 5.74) is 6.59. The minimum absolute atomic E-state index is 0.00927. The van der Waals surface area contributed by atoms with E-state index in [-0.39, 0.29) is 48.5 Å². The number of carbonyl (C=O) groups is 3. The molecule has 4 rings (SSSR count). The fourth-order valence-electron chi connectivity index (χ4n) is 5.97. The lowest BCUT2D eigenvalue weighted by Gasteiger charge is -2.40. The molecule has 2 heterocycles. The summed E-state index contributed by atoms with van der Waals surface area (Å²) in [5.74, 6) is -1.52. The molecule has 1 aliphatic heterocycles.